The highest BCUT2D eigenvalue weighted by Crippen LogP contribution is 2.25. The van der Waals surface area contributed by atoms with Gasteiger partial charge in [0.25, 0.3) is 0 Å². The van der Waals surface area contributed by atoms with Crippen LogP contribution >= 0.6 is 0 Å². The highest BCUT2D eigenvalue weighted by Gasteiger charge is 2.03. The summed E-state index contributed by atoms with van der Waals surface area (Å²) in [5.41, 5.74) is 4.32. The standard InChI is InChI=1S/C25H26FN/c1-3-8-24-11-7-12-25(27-24)23-16-15-21-17-20(13-14-22(21)18-23)10-6-4-5-9-19(2)26/h3,6-7,10-19H,1,4-5,8-9H2,2H3/b10-6+. The highest BCUT2D eigenvalue weighted by molar-refractivity contribution is 5.88. The summed E-state index contributed by atoms with van der Waals surface area (Å²) in [5.74, 6) is 0. The molecule has 0 radical (unpaired) electrons. The van der Waals surface area contributed by atoms with Crippen LogP contribution in [-0.2, 0) is 6.42 Å². The van der Waals surface area contributed by atoms with E-state index in [-0.39, 0.29) is 0 Å². The van der Waals surface area contributed by atoms with E-state index in [1.165, 1.54) is 16.3 Å². The molecule has 0 amide bonds. The van der Waals surface area contributed by atoms with E-state index < -0.39 is 6.17 Å². The van der Waals surface area contributed by atoms with Crippen LogP contribution in [0.25, 0.3) is 28.1 Å². The van der Waals surface area contributed by atoms with Crippen molar-refractivity contribution >= 4 is 16.8 Å². The number of halogens is 1. The third kappa shape index (κ3) is 5.37. The summed E-state index contributed by atoms with van der Waals surface area (Å²) < 4.78 is 12.8. The molecule has 2 heteroatoms. The van der Waals surface area contributed by atoms with Crippen LogP contribution in [-0.4, -0.2) is 11.2 Å². The molecule has 1 aromatic heterocycles. The second kappa shape index (κ2) is 9.27. The Morgan fingerprint density at radius 1 is 1.07 bits per heavy atom. The molecule has 0 aliphatic carbocycles. The van der Waals surface area contributed by atoms with E-state index in [1.807, 2.05) is 24.3 Å². The molecule has 3 rings (SSSR count). The first-order valence-electron chi connectivity index (χ1n) is 9.57. The molecule has 27 heavy (non-hydrogen) atoms. The number of nitrogens with zero attached hydrogens (tertiary/aromatic N) is 1. The van der Waals surface area contributed by atoms with Gasteiger partial charge in [0, 0.05) is 17.7 Å². The van der Waals surface area contributed by atoms with E-state index in [0.717, 1.165) is 36.2 Å². The van der Waals surface area contributed by atoms with Gasteiger partial charge in [0.2, 0.25) is 0 Å². The van der Waals surface area contributed by atoms with Gasteiger partial charge in [-0.25, -0.2) is 4.39 Å². The van der Waals surface area contributed by atoms with Crippen LogP contribution in [0, 0.1) is 0 Å². The van der Waals surface area contributed by atoms with Gasteiger partial charge in [-0.05, 0) is 66.8 Å². The third-order valence-corrected chi connectivity index (χ3v) is 4.60. The lowest BCUT2D eigenvalue weighted by Gasteiger charge is -2.06. The number of unbranched alkanes of at least 4 members (excludes halogenated alkanes) is 1. The lowest BCUT2D eigenvalue weighted by atomic mass is 10.0. The van der Waals surface area contributed by atoms with E-state index in [2.05, 4.69) is 55.1 Å². The minimum absolute atomic E-state index is 0.632. The molecule has 0 aliphatic heterocycles. The third-order valence-electron chi connectivity index (χ3n) is 4.60. The van der Waals surface area contributed by atoms with E-state index in [1.54, 1.807) is 6.92 Å². The number of allylic oxidation sites excluding steroid dienone is 2. The predicted molar refractivity (Wildman–Crippen MR) is 115 cm³/mol. The second-order valence-electron chi connectivity index (χ2n) is 6.94. The van der Waals surface area contributed by atoms with Gasteiger partial charge in [-0.3, -0.25) is 4.98 Å². The number of alkyl halides is 1. The monoisotopic (exact) mass is 359 g/mol. The maximum absolute atomic E-state index is 12.8. The first kappa shape index (κ1) is 19.0. The Balaban J connectivity index is 1.76. The van der Waals surface area contributed by atoms with Gasteiger partial charge < -0.3 is 0 Å². The molecule has 138 valence electrons. The summed E-state index contributed by atoms with van der Waals surface area (Å²) in [4.78, 5) is 4.72. The van der Waals surface area contributed by atoms with Crippen LogP contribution in [0.2, 0.25) is 0 Å². The van der Waals surface area contributed by atoms with Crippen LogP contribution in [0.15, 0.2) is 73.3 Å². The van der Waals surface area contributed by atoms with E-state index in [9.17, 15) is 4.39 Å². The Hall–Kier alpha value is -2.74. The highest BCUT2D eigenvalue weighted by atomic mass is 19.1. The molecule has 0 saturated heterocycles. The Bertz CT molecular complexity index is 940. The maximum Gasteiger partial charge on any atom is 0.0973 e. The summed E-state index contributed by atoms with van der Waals surface area (Å²) >= 11 is 0. The molecule has 0 fully saturated rings. The SMILES string of the molecule is C=CCc1cccc(-c2ccc3cc(/C=C/CCCC(C)F)ccc3c2)n1. The molecule has 0 spiro atoms. The minimum Gasteiger partial charge on any atom is -0.253 e. The Morgan fingerprint density at radius 2 is 1.89 bits per heavy atom. The average molecular weight is 359 g/mol. The van der Waals surface area contributed by atoms with Crippen molar-refractivity contribution in [2.24, 2.45) is 0 Å². The second-order valence-corrected chi connectivity index (χ2v) is 6.94. The average Bonchev–Trinajstić information content (AvgIpc) is 2.67. The zero-order valence-corrected chi connectivity index (χ0v) is 15.9. The van der Waals surface area contributed by atoms with Gasteiger partial charge in [0.15, 0.2) is 0 Å². The summed E-state index contributed by atoms with van der Waals surface area (Å²) in [7, 11) is 0. The van der Waals surface area contributed by atoms with Crippen molar-refractivity contribution in [3.8, 4) is 11.3 Å². The van der Waals surface area contributed by atoms with Crippen molar-refractivity contribution in [3.63, 3.8) is 0 Å². The van der Waals surface area contributed by atoms with Crippen molar-refractivity contribution in [1.29, 1.82) is 0 Å². The lowest BCUT2D eigenvalue weighted by molar-refractivity contribution is 0.335. The fraction of sp³-hybridized carbons (Fsp3) is 0.240. The number of rotatable bonds is 8. The van der Waals surface area contributed by atoms with Crippen LogP contribution in [0.3, 0.4) is 0 Å². The zero-order chi connectivity index (χ0) is 19.1. The van der Waals surface area contributed by atoms with Gasteiger partial charge in [0.1, 0.15) is 0 Å². The van der Waals surface area contributed by atoms with Gasteiger partial charge >= 0.3 is 0 Å². The molecule has 2 aromatic carbocycles. The largest absolute Gasteiger partial charge is 0.253 e. The quantitative estimate of drug-likeness (QED) is 0.307. The molecule has 0 bridgehead atoms. The van der Waals surface area contributed by atoms with E-state index in [4.69, 9.17) is 4.98 Å². The van der Waals surface area contributed by atoms with Crippen molar-refractivity contribution < 1.29 is 4.39 Å². The number of hydrogen-bond acceptors (Lipinski definition) is 1. The molecule has 0 saturated carbocycles. The molecule has 0 N–H and O–H groups in total. The van der Waals surface area contributed by atoms with Gasteiger partial charge in [-0.1, -0.05) is 48.6 Å². The molecule has 0 aliphatic rings. The van der Waals surface area contributed by atoms with Crippen molar-refractivity contribution in [2.75, 3.05) is 0 Å². The normalized spacial score (nSPS) is 12.5. The van der Waals surface area contributed by atoms with Crippen molar-refractivity contribution in [3.05, 3.63) is 84.6 Å². The summed E-state index contributed by atoms with van der Waals surface area (Å²) in [6.45, 7) is 5.40. The van der Waals surface area contributed by atoms with Crippen molar-refractivity contribution in [2.45, 2.75) is 38.8 Å². The smallest absolute Gasteiger partial charge is 0.0973 e. The van der Waals surface area contributed by atoms with Crippen LogP contribution < -0.4 is 0 Å². The molecule has 3 aromatic rings. The van der Waals surface area contributed by atoms with E-state index in [0.29, 0.717) is 6.42 Å². The molecule has 1 heterocycles. The molecule has 1 unspecified atom stereocenters. The Labute approximate surface area is 161 Å². The van der Waals surface area contributed by atoms with Crippen LogP contribution in [0.4, 0.5) is 4.39 Å². The molecular formula is C25H26FN. The van der Waals surface area contributed by atoms with Crippen LogP contribution in [0.5, 0.6) is 0 Å². The Morgan fingerprint density at radius 3 is 2.70 bits per heavy atom. The number of pyridine rings is 1. The fourth-order valence-corrected chi connectivity index (χ4v) is 3.17. The number of hydrogen-bond donors (Lipinski definition) is 0. The summed E-state index contributed by atoms with van der Waals surface area (Å²) in [5, 5.41) is 2.41. The van der Waals surface area contributed by atoms with E-state index >= 15 is 0 Å². The topological polar surface area (TPSA) is 12.9 Å². The van der Waals surface area contributed by atoms with Crippen LogP contribution in [0.1, 0.15) is 37.4 Å². The zero-order valence-electron chi connectivity index (χ0n) is 15.9. The molecule has 1 nitrogen and oxygen atoms in total. The number of aromatic nitrogens is 1. The fourth-order valence-electron chi connectivity index (χ4n) is 3.17. The number of benzene rings is 2. The summed E-state index contributed by atoms with van der Waals surface area (Å²) in [6, 6.07) is 19.0. The maximum atomic E-state index is 12.8. The first-order valence-corrected chi connectivity index (χ1v) is 9.57. The number of fused-ring (bicyclic) bond motifs is 1. The first-order chi connectivity index (χ1) is 13.2. The van der Waals surface area contributed by atoms with Gasteiger partial charge in [-0.15, -0.1) is 6.58 Å². The minimum atomic E-state index is -0.708. The lowest BCUT2D eigenvalue weighted by Crippen LogP contribution is -1.90. The predicted octanol–water partition coefficient (Wildman–Crippen LogP) is 7.17. The molecular weight excluding hydrogens is 333 g/mol. The summed E-state index contributed by atoms with van der Waals surface area (Å²) in [6.07, 6.45) is 8.64. The van der Waals surface area contributed by atoms with Gasteiger partial charge in [-0.2, -0.15) is 0 Å². The molecule has 1 atom stereocenters. The Kier molecular flexibility index (Phi) is 6.54. The van der Waals surface area contributed by atoms with Crippen molar-refractivity contribution in [1.82, 2.24) is 4.98 Å². The van der Waals surface area contributed by atoms with Gasteiger partial charge in [0.05, 0.1) is 11.9 Å².